The molecule has 0 fully saturated rings. The number of carbonyl (C=O) groups is 1. The lowest BCUT2D eigenvalue weighted by molar-refractivity contribution is -0.483. The number of carbonyl (C=O) groups excluding carboxylic acids is 1. The average Bonchev–Trinajstić information content (AvgIpc) is 2.67. The number of hydrogen-bond donors (Lipinski definition) is 0. The maximum absolute atomic E-state index is 15.2. The van der Waals surface area contributed by atoms with Crippen LogP contribution in [-0.4, -0.2) is 37.3 Å². The van der Waals surface area contributed by atoms with Crippen molar-refractivity contribution < 1.29 is 28.3 Å². The van der Waals surface area contributed by atoms with Gasteiger partial charge < -0.3 is 14.2 Å². The minimum Gasteiger partial charge on any atom is -0.493 e. The van der Waals surface area contributed by atoms with Crippen LogP contribution in [0.3, 0.4) is 0 Å². The normalized spacial score (nSPS) is 12.5. The van der Waals surface area contributed by atoms with E-state index in [4.69, 9.17) is 25.8 Å². The molecule has 1 aromatic carbocycles. The zero-order valence-corrected chi connectivity index (χ0v) is 19.7. The summed E-state index contributed by atoms with van der Waals surface area (Å²) in [4.78, 5) is 22.8. The maximum atomic E-state index is 15.2. The first-order chi connectivity index (χ1) is 14.6. The Labute approximate surface area is 188 Å². The van der Waals surface area contributed by atoms with Crippen molar-refractivity contribution >= 4 is 17.6 Å². The number of unbranched alkanes of at least 4 members (excludes halogenated alkanes) is 2. The molecule has 0 saturated heterocycles. The van der Waals surface area contributed by atoms with Crippen LogP contribution in [0.15, 0.2) is 6.07 Å². The molecular formula is C22H33ClFNO6. The van der Waals surface area contributed by atoms with E-state index < -0.39 is 34.8 Å². The van der Waals surface area contributed by atoms with Gasteiger partial charge in [0.1, 0.15) is 11.6 Å². The Morgan fingerprint density at radius 1 is 1.26 bits per heavy atom. The molecule has 1 rings (SSSR count). The van der Waals surface area contributed by atoms with Gasteiger partial charge in [-0.05, 0) is 40.2 Å². The summed E-state index contributed by atoms with van der Waals surface area (Å²) < 4.78 is 32.0. The summed E-state index contributed by atoms with van der Waals surface area (Å²) in [5.74, 6) is -2.48. The Balaban J connectivity index is 3.54. The summed E-state index contributed by atoms with van der Waals surface area (Å²) in [5.41, 5.74) is -0.517. The molecule has 0 spiro atoms. The molecule has 0 aliphatic rings. The Kier molecular flexibility index (Phi) is 11.2. The van der Waals surface area contributed by atoms with Gasteiger partial charge in [-0.15, -0.1) is 0 Å². The molecule has 0 aliphatic heterocycles. The van der Waals surface area contributed by atoms with Crippen molar-refractivity contribution in [2.45, 2.75) is 71.8 Å². The van der Waals surface area contributed by atoms with E-state index in [1.165, 1.54) is 6.07 Å². The third-order valence-corrected chi connectivity index (χ3v) is 5.13. The smallest absolute Gasteiger partial charge is 0.306 e. The number of nitrogens with zero attached hydrogens (tertiary/aromatic N) is 1. The summed E-state index contributed by atoms with van der Waals surface area (Å²) >= 11 is 6.19. The Hall–Kier alpha value is -1.93. The van der Waals surface area contributed by atoms with E-state index in [2.05, 4.69) is 6.92 Å². The van der Waals surface area contributed by atoms with Crippen LogP contribution in [-0.2, 0) is 19.9 Å². The zero-order valence-electron chi connectivity index (χ0n) is 19.0. The van der Waals surface area contributed by atoms with Gasteiger partial charge >= 0.3 is 5.97 Å². The van der Waals surface area contributed by atoms with Gasteiger partial charge in [0.25, 0.3) is 0 Å². The molecule has 0 heterocycles. The molecule has 176 valence electrons. The first kappa shape index (κ1) is 27.1. The van der Waals surface area contributed by atoms with Gasteiger partial charge in [0.15, 0.2) is 0 Å². The van der Waals surface area contributed by atoms with E-state index in [-0.39, 0.29) is 36.0 Å². The summed E-state index contributed by atoms with van der Waals surface area (Å²) in [6.07, 6.45) is 2.53. The number of ether oxygens (including phenoxy) is 3. The van der Waals surface area contributed by atoms with Gasteiger partial charge in [0.2, 0.25) is 6.54 Å². The van der Waals surface area contributed by atoms with Crippen LogP contribution in [0.1, 0.15) is 77.3 Å². The fourth-order valence-corrected chi connectivity index (χ4v) is 3.57. The first-order valence-electron chi connectivity index (χ1n) is 10.6. The highest BCUT2D eigenvalue weighted by atomic mass is 35.5. The van der Waals surface area contributed by atoms with Gasteiger partial charge in [-0.25, -0.2) is 4.39 Å². The molecule has 1 aromatic rings. The zero-order chi connectivity index (χ0) is 23.6. The van der Waals surface area contributed by atoms with E-state index in [0.717, 1.165) is 19.3 Å². The second-order valence-electron chi connectivity index (χ2n) is 7.68. The largest absolute Gasteiger partial charge is 0.493 e. The van der Waals surface area contributed by atoms with Crippen LogP contribution in [0.5, 0.6) is 5.75 Å². The maximum Gasteiger partial charge on any atom is 0.306 e. The number of rotatable bonds is 14. The predicted molar refractivity (Wildman–Crippen MR) is 117 cm³/mol. The van der Waals surface area contributed by atoms with Gasteiger partial charge in [-0.2, -0.15) is 0 Å². The van der Waals surface area contributed by atoms with Crippen molar-refractivity contribution in [3.8, 4) is 5.75 Å². The second-order valence-corrected chi connectivity index (χ2v) is 8.09. The minimum absolute atomic E-state index is 0.0978. The topological polar surface area (TPSA) is 87.9 Å². The van der Waals surface area contributed by atoms with Crippen LogP contribution in [0, 0.1) is 15.9 Å². The highest BCUT2D eigenvalue weighted by molar-refractivity contribution is 6.31. The van der Waals surface area contributed by atoms with E-state index in [1.807, 2.05) is 13.8 Å². The van der Waals surface area contributed by atoms with Crippen LogP contribution in [0.4, 0.5) is 4.39 Å². The minimum atomic E-state index is -1.11. The molecule has 0 amide bonds. The van der Waals surface area contributed by atoms with Crippen LogP contribution >= 0.6 is 11.6 Å². The van der Waals surface area contributed by atoms with Crippen molar-refractivity contribution in [2.24, 2.45) is 0 Å². The molecule has 0 radical (unpaired) electrons. The molecule has 0 saturated carbocycles. The van der Waals surface area contributed by atoms with Crippen molar-refractivity contribution in [1.29, 1.82) is 0 Å². The molecule has 9 heteroatoms. The highest BCUT2D eigenvalue weighted by Crippen LogP contribution is 2.43. The average molecular weight is 462 g/mol. The fourth-order valence-electron chi connectivity index (χ4n) is 3.36. The van der Waals surface area contributed by atoms with Crippen molar-refractivity contribution in [3.63, 3.8) is 0 Å². The standard InChI is InChI=1S/C22H33ClFNO6/c1-6-9-10-11-31-22(4,5)16-13-17(23)20(24)19(21(16)30-8-3)15(14-25(27)28)12-18(26)29-7-2/h13,15H,6-12,14H2,1-5H3. The van der Waals surface area contributed by atoms with Gasteiger partial charge in [0, 0.05) is 22.7 Å². The summed E-state index contributed by atoms with van der Waals surface area (Å²) in [5, 5.41) is 11.1. The lowest BCUT2D eigenvalue weighted by atomic mass is 9.87. The number of benzene rings is 1. The molecule has 7 nitrogen and oxygen atoms in total. The summed E-state index contributed by atoms with van der Waals surface area (Å²) in [7, 11) is 0. The number of halogens is 2. The SMILES string of the molecule is CCCCCOC(C)(C)c1cc(Cl)c(F)c(C(CC(=O)OCC)C[N+](=O)[O-])c1OCC. The van der Waals surface area contributed by atoms with E-state index in [1.54, 1.807) is 13.8 Å². The molecule has 31 heavy (non-hydrogen) atoms. The second kappa shape index (κ2) is 12.8. The molecule has 1 unspecified atom stereocenters. The van der Waals surface area contributed by atoms with E-state index in [9.17, 15) is 14.9 Å². The van der Waals surface area contributed by atoms with Gasteiger partial charge in [-0.3, -0.25) is 14.9 Å². The van der Waals surface area contributed by atoms with E-state index in [0.29, 0.717) is 12.2 Å². The Bertz CT molecular complexity index is 756. The molecule has 0 N–H and O–H groups in total. The molecular weight excluding hydrogens is 429 g/mol. The number of hydrogen-bond acceptors (Lipinski definition) is 6. The Morgan fingerprint density at radius 2 is 1.94 bits per heavy atom. The number of nitro groups is 1. The van der Waals surface area contributed by atoms with Crippen molar-refractivity contribution in [1.82, 2.24) is 0 Å². The lowest BCUT2D eigenvalue weighted by Gasteiger charge is -2.30. The lowest BCUT2D eigenvalue weighted by Crippen LogP contribution is -2.26. The van der Waals surface area contributed by atoms with Gasteiger partial charge in [-0.1, -0.05) is 31.4 Å². The molecule has 1 atom stereocenters. The van der Waals surface area contributed by atoms with Crippen LogP contribution in [0.2, 0.25) is 5.02 Å². The summed E-state index contributed by atoms with van der Waals surface area (Å²) in [6.45, 7) is 9.17. The van der Waals surface area contributed by atoms with Crippen LogP contribution < -0.4 is 4.74 Å². The highest BCUT2D eigenvalue weighted by Gasteiger charge is 2.35. The monoisotopic (exact) mass is 461 g/mol. The first-order valence-corrected chi connectivity index (χ1v) is 11.0. The predicted octanol–water partition coefficient (Wildman–Crippen LogP) is 5.63. The van der Waals surface area contributed by atoms with Crippen LogP contribution in [0.25, 0.3) is 0 Å². The third kappa shape index (κ3) is 7.92. The van der Waals surface area contributed by atoms with Crippen molar-refractivity contribution in [3.05, 3.63) is 38.1 Å². The fraction of sp³-hybridized carbons (Fsp3) is 0.682. The third-order valence-electron chi connectivity index (χ3n) is 4.85. The molecule has 0 bridgehead atoms. The molecule has 0 aliphatic carbocycles. The van der Waals surface area contributed by atoms with E-state index >= 15 is 4.39 Å². The summed E-state index contributed by atoms with van der Waals surface area (Å²) in [6, 6.07) is 1.43. The Morgan fingerprint density at radius 3 is 2.48 bits per heavy atom. The number of esters is 1. The van der Waals surface area contributed by atoms with Crippen molar-refractivity contribution in [2.75, 3.05) is 26.4 Å². The molecule has 0 aromatic heterocycles. The van der Waals surface area contributed by atoms with Gasteiger partial charge in [0.05, 0.1) is 36.2 Å². The quantitative estimate of drug-likeness (QED) is 0.154.